The summed E-state index contributed by atoms with van der Waals surface area (Å²) in [4.78, 5) is 17.0. The van der Waals surface area contributed by atoms with E-state index in [1.54, 1.807) is 12.1 Å². The Morgan fingerprint density at radius 1 is 1.09 bits per heavy atom. The van der Waals surface area contributed by atoms with Gasteiger partial charge in [0.15, 0.2) is 5.96 Å². The molecule has 0 spiro atoms. The number of carbonyl (C=O) groups excluding carboxylic acids is 1. The second-order valence-electron chi connectivity index (χ2n) is 8.27. The van der Waals surface area contributed by atoms with Gasteiger partial charge in [-0.1, -0.05) is 19.1 Å². The van der Waals surface area contributed by atoms with Crippen molar-refractivity contribution in [2.75, 3.05) is 31.5 Å². The molecule has 8 nitrogen and oxygen atoms in total. The topological polar surface area (TPSA) is 103 Å². The number of guanidine groups is 1. The summed E-state index contributed by atoms with van der Waals surface area (Å²) in [6.45, 7) is 5.24. The molecule has 2 aliphatic heterocycles. The quantitative estimate of drug-likeness (QED) is 0.621. The van der Waals surface area contributed by atoms with E-state index in [0.717, 1.165) is 43.1 Å². The van der Waals surface area contributed by atoms with Crippen LogP contribution in [0.25, 0.3) is 0 Å². The molecule has 170 valence electrons. The summed E-state index contributed by atoms with van der Waals surface area (Å²) >= 11 is 0. The first-order chi connectivity index (χ1) is 15.4. The van der Waals surface area contributed by atoms with Gasteiger partial charge in [0.1, 0.15) is 0 Å². The second kappa shape index (κ2) is 9.70. The van der Waals surface area contributed by atoms with Crippen LogP contribution in [-0.4, -0.2) is 50.8 Å². The van der Waals surface area contributed by atoms with E-state index in [1.807, 2.05) is 24.3 Å². The van der Waals surface area contributed by atoms with Crippen molar-refractivity contribution in [1.29, 1.82) is 0 Å². The van der Waals surface area contributed by atoms with Crippen molar-refractivity contribution in [3.05, 3.63) is 59.7 Å². The molecule has 1 saturated heterocycles. The molecule has 3 N–H and O–H groups in total. The Kier molecular flexibility index (Phi) is 6.76. The molecule has 0 bridgehead atoms. The predicted molar refractivity (Wildman–Crippen MR) is 125 cm³/mol. The van der Waals surface area contributed by atoms with Gasteiger partial charge in [0.2, 0.25) is 10.0 Å². The summed E-state index contributed by atoms with van der Waals surface area (Å²) in [5.74, 6) is 1.08. The van der Waals surface area contributed by atoms with Gasteiger partial charge in [-0.05, 0) is 60.7 Å². The number of hydrogen-bond acceptors (Lipinski definition) is 6. The van der Waals surface area contributed by atoms with Gasteiger partial charge in [-0.15, -0.1) is 0 Å². The molecule has 0 unspecified atom stereocenters. The van der Waals surface area contributed by atoms with Crippen LogP contribution in [0.4, 0.5) is 5.69 Å². The molecule has 0 saturated carbocycles. The highest BCUT2D eigenvalue weighted by molar-refractivity contribution is 7.89. The zero-order valence-electron chi connectivity index (χ0n) is 18.2. The maximum atomic E-state index is 12.8. The van der Waals surface area contributed by atoms with Gasteiger partial charge in [0.05, 0.1) is 11.4 Å². The molecule has 1 fully saturated rings. The van der Waals surface area contributed by atoms with E-state index >= 15 is 0 Å². The fraction of sp³-hybridized carbons (Fsp3) is 0.391. The summed E-state index contributed by atoms with van der Waals surface area (Å²) in [5, 5.41) is 9.23. The Bertz CT molecular complexity index is 1070. The van der Waals surface area contributed by atoms with Crippen LogP contribution >= 0.6 is 0 Å². The van der Waals surface area contributed by atoms with Crippen LogP contribution in [0.2, 0.25) is 0 Å². The van der Waals surface area contributed by atoms with Crippen LogP contribution in [-0.2, 0) is 16.6 Å². The van der Waals surface area contributed by atoms with Crippen molar-refractivity contribution in [1.82, 2.24) is 14.9 Å². The molecule has 2 aromatic rings. The Morgan fingerprint density at radius 2 is 1.78 bits per heavy atom. The summed E-state index contributed by atoms with van der Waals surface area (Å²) in [6.07, 6.45) is 1.75. The van der Waals surface area contributed by atoms with Crippen LogP contribution < -0.4 is 16.0 Å². The third-order valence-electron chi connectivity index (χ3n) is 5.84. The zero-order chi connectivity index (χ0) is 22.6. The number of nitrogens with one attached hydrogen (secondary N) is 3. The van der Waals surface area contributed by atoms with Crippen LogP contribution in [0.5, 0.6) is 0 Å². The molecule has 0 atom stereocenters. The molecule has 4 rings (SSSR count). The molecule has 32 heavy (non-hydrogen) atoms. The summed E-state index contributed by atoms with van der Waals surface area (Å²) in [5.41, 5.74) is 2.32. The van der Waals surface area contributed by atoms with Crippen molar-refractivity contribution < 1.29 is 13.2 Å². The number of amides is 1. The van der Waals surface area contributed by atoms with Crippen LogP contribution in [0.3, 0.4) is 0 Å². The summed E-state index contributed by atoms with van der Waals surface area (Å²) in [7, 11) is -3.51. The number of piperidine rings is 1. The van der Waals surface area contributed by atoms with E-state index in [0.29, 0.717) is 31.1 Å². The number of sulfonamides is 1. The molecular weight excluding hydrogens is 426 g/mol. The van der Waals surface area contributed by atoms with Gasteiger partial charge >= 0.3 is 0 Å². The molecule has 0 radical (unpaired) electrons. The van der Waals surface area contributed by atoms with Crippen molar-refractivity contribution in [3.8, 4) is 0 Å². The lowest BCUT2D eigenvalue weighted by molar-refractivity contribution is 0.0951. The molecule has 2 aliphatic rings. The molecule has 1 amide bonds. The van der Waals surface area contributed by atoms with Gasteiger partial charge in [0, 0.05) is 37.4 Å². The largest absolute Gasteiger partial charge is 0.354 e. The van der Waals surface area contributed by atoms with E-state index < -0.39 is 10.0 Å². The molecule has 2 aromatic carbocycles. The van der Waals surface area contributed by atoms with Crippen molar-refractivity contribution in [3.63, 3.8) is 0 Å². The minimum atomic E-state index is -3.51. The third kappa shape index (κ3) is 5.28. The van der Waals surface area contributed by atoms with Crippen molar-refractivity contribution >= 4 is 27.6 Å². The first kappa shape index (κ1) is 22.3. The molecule has 9 heteroatoms. The highest BCUT2D eigenvalue weighted by atomic mass is 32.2. The minimum Gasteiger partial charge on any atom is -0.354 e. The zero-order valence-corrected chi connectivity index (χ0v) is 19.0. The summed E-state index contributed by atoms with van der Waals surface area (Å²) in [6, 6.07) is 13.9. The van der Waals surface area contributed by atoms with Gasteiger partial charge in [0.25, 0.3) is 5.91 Å². The number of carbonyl (C=O) groups is 1. The Hall–Kier alpha value is -2.91. The Balaban J connectivity index is 1.32. The Morgan fingerprint density at radius 3 is 2.41 bits per heavy atom. The normalized spacial score (nSPS) is 17.5. The Labute approximate surface area is 189 Å². The predicted octanol–water partition coefficient (Wildman–Crippen LogP) is 2.41. The number of aliphatic imine (C=N–C) groups is 1. The number of rotatable bonds is 6. The van der Waals surface area contributed by atoms with Crippen LogP contribution in [0.1, 0.15) is 35.7 Å². The standard InChI is InChI=1S/C23H29N5O3S/c1-17-10-14-28(15-11-17)32(30,31)21-8-4-19(5-9-21)22(29)26-16-18-2-6-20(7-3-18)27-23-24-12-13-25-23/h2-9,17H,10-16H2,1H3,(H,26,29)(H2,24,25,27). The monoisotopic (exact) mass is 455 g/mol. The molecular formula is C23H29N5O3S. The first-order valence-corrected chi connectivity index (χ1v) is 12.4. The van der Waals surface area contributed by atoms with Crippen molar-refractivity contribution in [2.24, 2.45) is 10.9 Å². The second-order valence-corrected chi connectivity index (χ2v) is 10.2. The van der Waals surface area contributed by atoms with Gasteiger partial charge in [-0.25, -0.2) is 8.42 Å². The maximum Gasteiger partial charge on any atom is 0.251 e. The molecule has 0 aromatic heterocycles. The first-order valence-electron chi connectivity index (χ1n) is 10.9. The van der Waals surface area contributed by atoms with Crippen molar-refractivity contribution in [2.45, 2.75) is 31.2 Å². The van der Waals surface area contributed by atoms with E-state index in [-0.39, 0.29) is 10.8 Å². The number of benzene rings is 2. The fourth-order valence-corrected chi connectivity index (χ4v) is 5.23. The fourth-order valence-electron chi connectivity index (χ4n) is 3.76. The molecule has 0 aliphatic carbocycles. The number of anilines is 1. The highest BCUT2D eigenvalue weighted by Crippen LogP contribution is 2.23. The van der Waals surface area contributed by atoms with Gasteiger partial charge in [-0.2, -0.15) is 4.31 Å². The SMILES string of the molecule is CC1CCN(S(=O)(=O)c2ccc(C(=O)NCc3ccc(NC4=NCCN4)cc3)cc2)CC1. The maximum absolute atomic E-state index is 12.8. The van der Waals surface area contributed by atoms with Crippen LogP contribution in [0, 0.1) is 5.92 Å². The van der Waals surface area contributed by atoms with E-state index in [2.05, 4.69) is 27.9 Å². The third-order valence-corrected chi connectivity index (χ3v) is 7.75. The smallest absolute Gasteiger partial charge is 0.251 e. The lowest BCUT2D eigenvalue weighted by Crippen LogP contribution is -2.37. The minimum absolute atomic E-state index is 0.230. The van der Waals surface area contributed by atoms with Gasteiger partial charge in [-0.3, -0.25) is 9.79 Å². The van der Waals surface area contributed by atoms with E-state index in [4.69, 9.17) is 0 Å². The average Bonchev–Trinajstić information content (AvgIpc) is 3.32. The molecule has 2 heterocycles. The summed E-state index contributed by atoms with van der Waals surface area (Å²) < 4.78 is 27.2. The van der Waals surface area contributed by atoms with Gasteiger partial charge < -0.3 is 16.0 Å². The van der Waals surface area contributed by atoms with E-state index in [9.17, 15) is 13.2 Å². The van der Waals surface area contributed by atoms with Crippen LogP contribution in [0.15, 0.2) is 58.4 Å². The highest BCUT2D eigenvalue weighted by Gasteiger charge is 2.28. The number of nitrogens with zero attached hydrogens (tertiary/aromatic N) is 2. The lowest BCUT2D eigenvalue weighted by Gasteiger charge is -2.29. The number of hydrogen-bond donors (Lipinski definition) is 3. The average molecular weight is 456 g/mol. The lowest BCUT2D eigenvalue weighted by atomic mass is 10.0. The van der Waals surface area contributed by atoms with E-state index in [1.165, 1.54) is 16.4 Å².